The standard InChI is InChI=1S/C12H17FN2O2.C8H6F2O2.C4H12N2/c1-15(2)8-7-14-11-9(12(16)17-3)5-4-6-10(11)13;1-12-8(11)5-3-2-4-6(9)7(5)10;1-6(2)4-3-5/h4-6,14H,7-8H2,1-3H3;2-4H,1H3;3-5H2,1-2H3. The van der Waals surface area contributed by atoms with E-state index in [1.165, 1.54) is 31.4 Å². The van der Waals surface area contributed by atoms with Crippen molar-refractivity contribution < 1.29 is 32.2 Å². The number of carbonyl (C=O) groups excluding carboxylic acids is 2. The smallest absolute Gasteiger partial charge is 0.340 e. The summed E-state index contributed by atoms with van der Waals surface area (Å²) in [6.45, 7) is 3.04. The first-order chi connectivity index (χ1) is 16.5. The van der Waals surface area contributed by atoms with E-state index in [0.717, 1.165) is 38.9 Å². The number of hydrogen-bond acceptors (Lipinski definition) is 8. The SMILES string of the molecule is CN(C)CCN.COC(=O)c1cccc(F)c1F.COC(=O)c1cccc(F)c1NCCN(C)C. The van der Waals surface area contributed by atoms with E-state index in [-0.39, 0.29) is 11.3 Å². The molecule has 0 aliphatic rings. The molecule has 0 atom stereocenters. The molecule has 0 aromatic heterocycles. The number of likely N-dealkylation sites (N-methyl/N-ethyl adjacent to an activating group) is 2. The van der Waals surface area contributed by atoms with E-state index in [4.69, 9.17) is 5.73 Å². The highest BCUT2D eigenvalue weighted by atomic mass is 19.2. The summed E-state index contributed by atoms with van der Waals surface area (Å²) in [4.78, 5) is 26.2. The fourth-order valence-electron chi connectivity index (χ4n) is 2.42. The number of nitrogens with one attached hydrogen (secondary N) is 1. The number of carbonyl (C=O) groups is 2. The van der Waals surface area contributed by atoms with Crippen LogP contribution in [0.1, 0.15) is 20.7 Å². The molecule has 8 nitrogen and oxygen atoms in total. The Morgan fingerprint density at radius 1 is 0.829 bits per heavy atom. The van der Waals surface area contributed by atoms with Gasteiger partial charge >= 0.3 is 11.9 Å². The zero-order valence-electron chi connectivity index (χ0n) is 21.0. The summed E-state index contributed by atoms with van der Waals surface area (Å²) in [7, 11) is 10.2. The second kappa shape index (κ2) is 17.3. The minimum absolute atomic E-state index is 0.196. The van der Waals surface area contributed by atoms with Crippen molar-refractivity contribution in [1.82, 2.24) is 9.80 Å². The maximum absolute atomic E-state index is 13.6. The third-order valence-corrected chi connectivity index (χ3v) is 4.21. The maximum atomic E-state index is 13.6. The number of anilines is 1. The van der Waals surface area contributed by atoms with Crippen molar-refractivity contribution in [2.75, 3.05) is 73.9 Å². The van der Waals surface area contributed by atoms with Crippen LogP contribution >= 0.6 is 0 Å². The summed E-state index contributed by atoms with van der Waals surface area (Å²) in [5.41, 5.74) is 5.21. The minimum Gasteiger partial charge on any atom is -0.465 e. The van der Waals surface area contributed by atoms with Gasteiger partial charge in [0, 0.05) is 26.2 Å². The Hall–Kier alpha value is -3.15. The van der Waals surface area contributed by atoms with Crippen molar-refractivity contribution in [3.63, 3.8) is 0 Å². The summed E-state index contributed by atoms with van der Waals surface area (Å²) in [6.07, 6.45) is 0. The molecule has 0 saturated carbocycles. The summed E-state index contributed by atoms with van der Waals surface area (Å²) in [6, 6.07) is 7.66. The van der Waals surface area contributed by atoms with Crippen molar-refractivity contribution in [2.24, 2.45) is 5.73 Å². The van der Waals surface area contributed by atoms with Crippen molar-refractivity contribution in [3.8, 4) is 0 Å². The molecule has 2 rings (SSSR count). The Balaban J connectivity index is 0.000000557. The number of rotatable bonds is 8. The number of hydrogen-bond donors (Lipinski definition) is 2. The zero-order chi connectivity index (χ0) is 27.0. The van der Waals surface area contributed by atoms with E-state index in [1.807, 2.05) is 33.1 Å². The van der Waals surface area contributed by atoms with Crippen LogP contribution in [0.15, 0.2) is 36.4 Å². The molecule has 0 spiro atoms. The van der Waals surface area contributed by atoms with Gasteiger partial charge in [0.2, 0.25) is 0 Å². The molecule has 0 aliphatic carbocycles. The number of benzene rings is 2. The molecule has 2 aromatic carbocycles. The molecule has 0 saturated heterocycles. The molecular formula is C24H35F3N4O4. The lowest BCUT2D eigenvalue weighted by Gasteiger charge is -2.14. The van der Waals surface area contributed by atoms with Crippen LogP contribution in [0.4, 0.5) is 18.9 Å². The molecule has 11 heteroatoms. The molecule has 0 fully saturated rings. The van der Waals surface area contributed by atoms with Gasteiger partial charge in [0.05, 0.1) is 31.0 Å². The molecule has 0 radical (unpaired) electrons. The van der Waals surface area contributed by atoms with E-state index >= 15 is 0 Å². The van der Waals surface area contributed by atoms with Gasteiger partial charge in [-0.1, -0.05) is 12.1 Å². The predicted octanol–water partition coefficient (Wildman–Crippen LogP) is 2.84. The van der Waals surface area contributed by atoms with Crippen molar-refractivity contribution in [1.29, 1.82) is 0 Å². The van der Waals surface area contributed by atoms with E-state index in [9.17, 15) is 22.8 Å². The zero-order valence-corrected chi connectivity index (χ0v) is 21.0. The Labute approximate surface area is 204 Å². The van der Waals surface area contributed by atoms with Gasteiger partial charge in [-0.2, -0.15) is 0 Å². The largest absolute Gasteiger partial charge is 0.465 e. The molecule has 3 N–H and O–H groups in total. The summed E-state index contributed by atoms with van der Waals surface area (Å²) >= 11 is 0. The van der Waals surface area contributed by atoms with Gasteiger partial charge in [-0.15, -0.1) is 0 Å². The first-order valence-corrected chi connectivity index (χ1v) is 10.6. The highest BCUT2D eigenvalue weighted by Crippen LogP contribution is 2.20. The molecular weight excluding hydrogens is 465 g/mol. The van der Waals surface area contributed by atoms with Gasteiger partial charge < -0.3 is 30.3 Å². The van der Waals surface area contributed by atoms with Gasteiger partial charge in [0.1, 0.15) is 5.82 Å². The molecule has 196 valence electrons. The average Bonchev–Trinajstić information content (AvgIpc) is 2.81. The lowest BCUT2D eigenvalue weighted by molar-refractivity contribution is 0.0588. The van der Waals surface area contributed by atoms with E-state index in [0.29, 0.717) is 6.54 Å². The lowest BCUT2D eigenvalue weighted by atomic mass is 10.1. The summed E-state index contributed by atoms with van der Waals surface area (Å²) in [5, 5.41) is 2.91. The summed E-state index contributed by atoms with van der Waals surface area (Å²) in [5.74, 6) is -4.11. The van der Waals surface area contributed by atoms with Crippen molar-refractivity contribution in [2.45, 2.75) is 0 Å². The predicted molar refractivity (Wildman–Crippen MR) is 130 cm³/mol. The van der Waals surface area contributed by atoms with Gasteiger partial charge in [0.15, 0.2) is 11.6 Å². The topological polar surface area (TPSA) is 97.1 Å². The van der Waals surface area contributed by atoms with Gasteiger partial charge in [-0.3, -0.25) is 0 Å². The minimum atomic E-state index is -1.18. The Morgan fingerprint density at radius 2 is 1.31 bits per heavy atom. The van der Waals surface area contributed by atoms with Crippen LogP contribution < -0.4 is 11.1 Å². The van der Waals surface area contributed by atoms with Crippen LogP contribution in [0.25, 0.3) is 0 Å². The van der Waals surface area contributed by atoms with Crippen LogP contribution in [-0.2, 0) is 9.47 Å². The first kappa shape index (κ1) is 31.9. The molecule has 0 unspecified atom stereocenters. The molecule has 0 heterocycles. The first-order valence-electron chi connectivity index (χ1n) is 10.6. The second-order valence-electron chi connectivity index (χ2n) is 7.57. The number of para-hydroxylation sites is 1. The second-order valence-corrected chi connectivity index (χ2v) is 7.57. The third kappa shape index (κ3) is 12.2. The van der Waals surface area contributed by atoms with E-state index in [1.54, 1.807) is 0 Å². The number of methoxy groups -OCH3 is 2. The molecule has 0 amide bonds. The van der Waals surface area contributed by atoms with Crippen LogP contribution in [0.2, 0.25) is 0 Å². The van der Waals surface area contributed by atoms with Crippen LogP contribution in [-0.4, -0.2) is 90.3 Å². The fraction of sp³-hybridized carbons (Fsp3) is 0.417. The Kier molecular flexibility index (Phi) is 15.8. The van der Waals surface area contributed by atoms with Gasteiger partial charge in [-0.05, 0) is 52.5 Å². The average molecular weight is 501 g/mol. The number of halogens is 3. The highest BCUT2D eigenvalue weighted by molar-refractivity contribution is 5.95. The highest BCUT2D eigenvalue weighted by Gasteiger charge is 2.15. The van der Waals surface area contributed by atoms with Crippen LogP contribution in [0, 0.1) is 17.5 Å². The van der Waals surface area contributed by atoms with Gasteiger partial charge in [-0.25, -0.2) is 22.8 Å². The van der Waals surface area contributed by atoms with Crippen molar-refractivity contribution in [3.05, 3.63) is 65.0 Å². The number of ether oxygens (including phenoxy) is 2. The fourth-order valence-corrected chi connectivity index (χ4v) is 2.42. The molecule has 0 bridgehead atoms. The number of nitrogens with zero attached hydrogens (tertiary/aromatic N) is 2. The normalized spacial score (nSPS) is 10.1. The van der Waals surface area contributed by atoms with Crippen LogP contribution in [0.3, 0.4) is 0 Å². The third-order valence-electron chi connectivity index (χ3n) is 4.21. The van der Waals surface area contributed by atoms with E-state index < -0.39 is 35.0 Å². The summed E-state index contributed by atoms with van der Waals surface area (Å²) < 4.78 is 47.7. The quantitative estimate of drug-likeness (QED) is 0.535. The number of esters is 2. The Bertz CT molecular complexity index is 928. The Morgan fingerprint density at radius 3 is 1.77 bits per heavy atom. The number of nitrogens with two attached hydrogens (primary N) is 1. The van der Waals surface area contributed by atoms with Crippen LogP contribution in [0.5, 0.6) is 0 Å². The molecule has 2 aromatic rings. The maximum Gasteiger partial charge on any atom is 0.340 e. The molecule has 35 heavy (non-hydrogen) atoms. The van der Waals surface area contributed by atoms with E-state index in [2.05, 4.69) is 19.7 Å². The van der Waals surface area contributed by atoms with Gasteiger partial charge in [0.25, 0.3) is 0 Å². The molecule has 0 aliphatic heterocycles. The lowest BCUT2D eigenvalue weighted by Crippen LogP contribution is -2.22. The van der Waals surface area contributed by atoms with Crippen molar-refractivity contribution >= 4 is 17.6 Å². The monoisotopic (exact) mass is 500 g/mol.